The van der Waals surface area contributed by atoms with Gasteiger partial charge in [0.2, 0.25) is 0 Å². The molecule has 19 heavy (non-hydrogen) atoms. The Morgan fingerprint density at radius 1 is 1.21 bits per heavy atom. The number of aliphatic hydroxyl groups excluding tert-OH is 1. The summed E-state index contributed by atoms with van der Waals surface area (Å²) in [5.41, 5.74) is 0.475. The van der Waals surface area contributed by atoms with Gasteiger partial charge in [-0.25, -0.2) is 0 Å². The Bertz CT molecular complexity index is 229. The summed E-state index contributed by atoms with van der Waals surface area (Å²) in [6, 6.07) is 0. The zero-order valence-electron chi connectivity index (χ0n) is 13.2. The lowest BCUT2D eigenvalue weighted by Crippen LogP contribution is -2.32. The molecule has 1 atom stereocenters. The molecule has 0 bridgehead atoms. The normalized spacial score (nSPS) is 26.4. The number of rotatable bonds is 7. The van der Waals surface area contributed by atoms with Gasteiger partial charge < -0.3 is 15.2 Å². The molecule has 0 amide bonds. The summed E-state index contributed by atoms with van der Waals surface area (Å²) >= 11 is 0. The summed E-state index contributed by atoms with van der Waals surface area (Å²) in [6.45, 7) is 9.55. The number of nitrogens with one attached hydrogen (secondary N) is 1. The summed E-state index contributed by atoms with van der Waals surface area (Å²) < 4.78 is 4.92. The maximum atomic E-state index is 9.55. The molecule has 2 N–H and O–H groups in total. The van der Waals surface area contributed by atoms with Crippen LogP contribution in [-0.4, -0.2) is 38.0 Å². The predicted octanol–water partition coefficient (Wildman–Crippen LogP) is 2.83. The lowest BCUT2D eigenvalue weighted by molar-refractivity contribution is 0.0590. The highest BCUT2D eigenvalue weighted by atomic mass is 16.5. The fourth-order valence-electron chi connectivity index (χ4n) is 3.08. The number of methoxy groups -OCH3 is 1. The third-order valence-corrected chi connectivity index (χ3v) is 4.52. The first-order valence-electron chi connectivity index (χ1n) is 7.81. The third-order valence-electron chi connectivity index (χ3n) is 4.52. The van der Waals surface area contributed by atoms with E-state index in [9.17, 15) is 5.11 Å². The molecule has 3 nitrogen and oxygen atoms in total. The quantitative estimate of drug-likeness (QED) is 0.700. The molecule has 0 aliphatic heterocycles. The molecule has 0 heterocycles. The minimum atomic E-state index is -0.325. The van der Waals surface area contributed by atoms with Crippen molar-refractivity contribution in [3.8, 4) is 0 Å². The first-order valence-corrected chi connectivity index (χ1v) is 7.81. The van der Waals surface area contributed by atoms with E-state index in [0.717, 1.165) is 31.3 Å². The molecule has 0 radical (unpaired) electrons. The molecular formula is C16H33NO2. The van der Waals surface area contributed by atoms with Crippen molar-refractivity contribution in [2.24, 2.45) is 17.3 Å². The lowest BCUT2D eigenvalue weighted by atomic mass is 9.70. The summed E-state index contributed by atoms with van der Waals surface area (Å²) in [5.74, 6) is 1.73. The summed E-state index contributed by atoms with van der Waals surface area (Å²) in [7, 11) is 1.63. The molecule has 0 aromatic carbocycles. The predicted molar refractivity (Wildman–Crippen MR) is 80.3 cm³/mol. The van der Waals surface area contributed by atoms with E-state index in [1.54, 1.807) is 7.11 Å². The molecule has 1 fully saturated rings. The fraction of sp³-hybridized carbons (Fsp3) is 1.00. The van der Waals surface area contributed by atoms with E-state index in [2.05, 4.69) is 26.1 Å². The lowest BCUT2D eigenvalue weighted by Gasteiger charge is -2.37. The van der Waals surface area contributed by atoms with Crippen LogP contribution in [0.15, 0.2) is 0 Å². The number of hydrogen-bond acceptors (Lipinski definition) is 3. The highest BCUT2D eigenvalue weighted by Crippen LogP contribution is 2.39. The molecule has 3 heteroatoms. The maximum Gasteiger partial charge on any atom is 0.0785 e. The van der Waals surface area contributed by atoms with E-state index < -0.39 is 0 Å². The van der Waals surface area contributed by atoms with Crippen molar-refractivity contribution in [3.05, 3.63) is 0 Å². The van der Waals surface area contributed by atoms with Crippen LogP contribution in [0.1, 0.15) is 52.9 Å². The van der Waals surface area contributed by atoms with Crippen molar-refractivity contribution in [2.45, 2.75) is 59.0 Å². The van der Waals surface area contributed by atoms with Gasteiger partial charge in [-0.2, -0.15) is 0 Å². The Labute approximate surface area is 119 Å². The standard InChI is InChI=1S/C16H33NO2/c1-16(2,3)14-7-5-13(6-8-14)11-17-10-9-15(18)12-19-4/h13-15,17-18H,5-12H2,1-4H3. The van der Waals surface area contributed by atoms with Crippen LogP contribution in [0.2, 0.25) is 0 Å². The molecule has 114 valence electrons. The van der Waals surface area contributed by atoms with Crippen LogP contribution in [0.4, 0.5) is 0 Å². The van der Waals surface area contributed by atoms with Crippen molar-refractivity contribution >= 4 is 0 Å². The summed E-state index contributed by atoms with van der Waals surface area (Å²) in [4.78, 5) is 0. The Hall–Kier alpha value is -0.120. The van der Waals surface area contributed by atoms with Gasteiger partial charge in [-0.15, -0.1) is 0 Å². The highest BCUT2D eigenvalue weighted by Gasteiger charge is 2.29. The molecule has 1 aliphatic rings. The van der Waals surface area contributed by atoms with Gasteiger partial charge in [0.25, 0.3) is 0 Å². The largest absolute Gasteiger partial charge is 0.391 e. The van der Waals surface area contributed by atoms with E-state index in [1.165, 1.54) is 25.7 Å². The number of ether oxygens (including phenoxy) is 1. The molecule has 1 aliphatic carbocycles. The highest BCUT2D eigenvalue weighted by molar-refractivity contribution is 4.81. The third kappa shape index (κ3) is 6.73. The van der Waals surface area contributed by atoms with Crippen molar-refractivity contribution < 1.29 is 9.84 Å². The molecule has 1 rings (SSSR count). The van der Waals surface area contributed by atoms with Crippen molar-refractivity contribution in [3.63, 3.8) is 0 Å². The van der Waals surface area contributed by atoms with E-state index in [4.69, 9.17) is 4.74 Å². The Morgan fingerprint density at radius 2 is 1.84 bits per heavy atom. The van der Waals surface area contributed by atoms with Crippen LogP contribution < -0.4 is 5.32 Å². The fourth-order valence-corrected chi connectivity index (χ4v) is 3.08. The monoisotopic (exact) mass is 271 g/mol. The average molecular weight is 271 g/mol. The zero-order chi connectivity index (χ0) is 14.3. The topological polar surface area (TPSA) is 41.5 Å². The van der Waals surface area contributed by atoms with Gasteiger partial charge >= 0.3 is 0 Å². The first kappa shape index (κ1) is 16.9. The van der Waals surface area contributed by atoms with Gasteiger partial charge in [-0.3, -0.25) is 0 Å². The van der Waals surface area contributed by atoms with E-state index in [-0.39, 0.29) is 6.10 Å². The molecule has 0 saturated heterocycles. The average Bonchev–Trinajstić information content (AvgIpc) is 2.34. The smallest absolute Gasteiger partial charge is 0.0785 e. The van der Waals surface area contributed by atoms with Crippen LogP contribution in [0.3, 0.4) is 0 Å². The van der Waals surface area contributed by atoms with Gasteiger partial charge in [0.05, 0.1) is 12.7 Å². The van der Waals surface area contributed by atoms with Gasteiger partial charge in [-0.1, -0.05) is 20.8 Å². The van der Waals surface area contributed by atoms with Crippen LogP contribution in [-0.2, 0) is 4.74 Å². The molecule has 0 aromatic rings. The van der Waals surface area contributed by atoms with Crippen molar-refractivity contribution in [2.75, 3.05) is 26.8 Å². The van der Waals surface area contributed by atoms with Crippen LogP contribution in [0.25, 0.3) is 0 Å². The number of aliphatic hydroxyl groups is 1. The second kappa shape index (κ2) is 8.23. The maximum absolute atomic E-state index is 9.55. The molecule has 0 aromatic heterocycles. The van der Waals surface area contributed by atoms with Gasteiger partial charge in [0.1, 0.15) is 0 Å². The van der Waals surface area contributed by atoms with E-state index in [0.29, 0.717) is 12.0 Å². The summed E-state index contributed by atoms with van der Waals surface area (Å²) in [6.07, 6.45) is 5.93. The van der Waals surface area contributed by atoms with Crippen LogP contribution >= 0.6 is 0 Å². The van der Waals surface area contributed by atoms with Gasteiger partial charge in [0.15, 0.2) is 0 Å². The zero-order valence-corrected chi connectivity index (χ0v) is 13.2. The van der Waals surface area contributed by atoms with Crippen molar-refractivity contribution in [1.82, 2.24) is 5.32 Å². The SMILES string of the molecule is COCC(O)CCNCC1CCC(C(C)(C)C)CC1. The molecule has 1 unspecified atom stereocenters. The Balaban J connectivity index is 2.07. The minimum Gasteiger partial charge on any atom is -0.391 e. The van der Waals surface area contributed by atoms with Gasteiger partial charge in [-0.05, 0) is 62.4 Å². The second-order valence-electron chi connectivity index (χ2n) is 7.19. The Morgan fingerprint density at radius 3 is 2.37 bits per heavy atom. The molecule has 1 saturated carbocycles. The van der Waals surface area contributed by atoms with Crippen LogP contribution in [0, 0.1) is 17.3 Å². The van der Waals surface area contributed by atoms with Crippen LogP contribution in [0.5, 0.6) is 0 Å². The molecule has 0 spiro atoms. The second-order valence-corrected chi connectivity index (χ2v) is 7.19. The summed E-state index contributed by atoms with van der Waals surface area (Å²) in [5, 5.41) is 13.0. The van der Waals surface area contributed by atoms with E-state index in [1.807, 2.05) is 0 Å². The minimum absolute atomic E-state index is 0.325. The molecular weight excluding hydrogens is 238 g/mol. The van der Waals surface area contributed by atoms with E-state index >= 15 is 0 Å². The number of hydrogen-bond donors (Lipinski definition) is 2. The van der Waals surface area contributed by atoms with Gasteiger partial charge in [0, 0.05) is 7.11 Å². The van der Waals surface area contributed by atoms with Crippen molar-refractivity contribution in [1.29, 1.82) is 0 Å². The first-order chi connectivity index (χ1) is 8.93. The Kier molecular flexibility index (Phi) is 7.33.